The maximum Gasteiger partial charge on any atom is 0.371 e. The fourth-order valence-corrected chi connectivity index (χ4v) is 2.68. The highest BCUT2D eigenvalue weighted by Gasteiger charge is 2.12. The summed E-state index contributed by atoms with van der Waals surface area (Å²) in [5.41, 5.74) is 0.962. The second-order valence-corrected chi connectivity index (χ2v) is 5.87. The summed E-state index contributed by atoms with van der Waals surface area (Å²) >= 11 is 4.59. The van der Waals surface area contributed by atoms with Gasteiger partial charge in [-0.1, -0.05) is 28.1 Å². The van der Waals surface area contributed by atoms with Crippen molar-refractivity contribution in [3.05, 3.63) is 57.6 Å². The first-order valence-corrected chi connectivity index (χ1v) is 7.12. The van der Waals surface area contributed by atoms with Gasteiger partial charge in [0.05, 0.1) is 4.88 Å². The molecular weight excluding hydrogens is 344 g/mol. The van der Waals surface area contributed by atoms with Gasteiger partial charge in [-0.15, -0.1) is 11.3 Å². The number of carbonyl (C=O) groups is 2. The number of ketones is 1. The van der Waals surface area contributed by atoms with Gasteiger partial charge < -0.3 is 10.2 Å². The summed E-state index contributed by atoms with van der Waals surface area (Å²) in [5, 5.41) is 17.6. The molecule has 1 aromatic carbocycles. The van der Waals surface area contributed by atoms with Crippen LogP contribution in [0.3, 0.4) is 0 Å². The van der Waals surface area contributed by atoms with Crippen molar-refractivity contribution in [2.45, 2.75) is 0 Å². The molecule has 4 nitrogen and oxygen atoms in total. The number of aliphatic hydroxyl groups is 1. The van der Waals surface area contributed by atoms with Crippen molar-refractivity contribution in [3.63, 3.8) is 0 Å². The van der Waals surface area contributed by atoms with Crippen LogP contribution in [0.2, 0.25) is 0 Å². The minimum absolute atomic E-state index is 0.371. The van der Waals surface area contributed by atoms with Crippen molar-refractivity contribution in [1.82, 2.24) is 0 Å². The van der Waals surface area contributed by atoms with Gasteiger partial charge in [0, 0.05) is 15.4 Å². The molecular formula is C14H9BrO4S. The number of aliphatic carboxylic acids is 1. The average Bonchev–Trinajstić information content (AvgIpc) is 2.89. The third-order valence-corrected chi connectivity index (χ3v) is 4.14. The van der Waals surface area contributed by atoms with Crippen molar-refractivity contribution in [2.75, 3.05) is 0 Å². The summed E-state index contributed by atoms with van der Waals surface area (Å²) in [7, 11) is 0. The molecule has 20 heavy (non-hydrogen) atoms. The number of carboxylic acid groups (broad SMARTS) is 1. The first-order chi connectivity index (χ1) is 9.47. The summed E-state index contributed by atoms with van der Waals surface area (Å²) in [4.78, 5) is 23.5. The molecule has 1 aromatic heterocycles. The fraction of sp³-hybridized carbons (Fsp3) is 0. The molecule has 0 saturated carbocycles. The molecule has 0 unspecified atom stereocenters. The van der Waals surface area contributed by atoms with Crippen LogP contribution in [0.5, 0.6) is 0 Å². The summed E-state index contributed by atoms with van der Waals surface area (Å²) in [6.45, 7) is 0. The minimum Gasteiger partial charge on any atom is -0.502 e. The molecule has 0 saturated heterocycles. The molecule has 0 radical (unpaired) electrons. The molecule has 102 valence electrons. The standard InChI is InChI=1S/C14H9BrO4S/c15-9-3-1-8(2-4-9)12-5-6-13(20-12)10(16)7-11(17)14(18)19/h1-7,17H,(H,18,19)/b11-7-. The van der Waals surface area contributed by atoms with E-state index in [1.54, 1.807) is 12.1 Å². The number of thiophene rings is 1. The predicted octanol–water partition coefficient (Wildman–Crippen LogP) is 3.89. The van der Waals surface area contributed by atoms with Crippen LogP contribution in [0.1, 0.15) is 9.67 Å². The molecule has 0 aliphatic rings. The van der Waals surface area contributed by atoms with Crippen LogP contribution < -0.4 is 0 Å². The topological polar surface area (TPSA) is 74.6 Å². The second-order valence-electron chi connectivity index (χ2n) is 3.87. The van der Waals surface area contributed by atoms with Gasteiger partial charge in [-0.05, 0) is 29.8 Å². The predicted molar refractivity (Wildman–Crippen MR) is 80.1 cm³/mol. The van der Waals surface area contributed by atoms with E-state index < -0.39 is 17.5 Å². The lowest BCUT2D eigenvalue weighted by Gasteiger charge is -1.96. The van der Waals surface area contributed by atoms with Crippen molar-refractivity contribution >= 4 is 39.0 Å². The lowest BCUT2D eigenvalue weighted by Crippen LogP contribution is -2.02. The van der Waals surface area contributed by atoms with Crippen molar-refractivity contribution in [2.24, 2.45) is 0 Å². The third kappa shape index (κ3) is 3.34. The number of hydrogen-bond donors (Lipinski definition) is 2. The summed E-state index contributed by atoms with van der Waals surface area (Å²) in [6.07, 6.45) is 0.708. The Balaban J connectivity index is 2.25. The van der Waals surface area contributed by atoms with Crippen LogP contribution in [0.15, 0.2) is 52.7 Å². The minimum atomic E-state index is -1.52. The van der Waals surface area contributed by atoms with Gasteiger partial charge in [-0.25, -0.2) is 4.79 Å². The Bertz CT molecular complexity index is 685. The van der Waals surface area contributed by atoms with Crippen LogP contribution in [-0.4, -0.2) is 22.0 Å². The maximum absolute atomic E-state index is 11.8. The van der Waals surface area contributed by atoms with Crippen LogP contribution in [0, 0.1) is 0 Å². The molecule has 0 spiro atoms. The van der Waals surface area contributed by atoms with E-state index in [-0.39, 0.29) is 0 Å². The van der Waals surface area contributed by atoms with Gasteiger partial charge in [-0.2, -0.15) is 0 Å². The highest BCUT2D eigenvalue weighted by atomic mass is 79.9. The SMILES string of the molecule is O=C(O)/C(O)=C/C(=O)c1ccc(-c2ccc(Br)cc2)s1. The molecule has 2 N–H and O–H groups in total. The molecule has 0 aliphatic heterocycles. The maximum atomic E-state index is 11.8. The van der Waals surface area contributed by atoms with Gasteiger partial charge >= 0.3 is 5.97 Å². The molecule has 1 heterocycles. The van der Waals surface area contributed by atoms with Gasteiger partial charge in [-0.3, -0.25) is 4.79 Å². The van der Waals surface area contributed by atoms with Crippen molar-refractivity contribution in [3.8, 4) is 10.4 Å². The van der Waals surface area contributed by atoms with E-state index in [9.17, 15) is 9.59 Å². The first-order valence-electron chi connectivity index (χ1n) is 5.51. The zero-order valence-corrected chi connectivity index (χ0v) is 12.4. The number of carboxylic acids is 1. The van der Waals surface area contributed by atoms with E-state index in [1.807, 2.05) is 24.3 Å². The molecule has 2 aromatic rings. The zero-order valence-electron chi connectivity index (χ0n) is 10.0. The largest absolute Gasteiger partial charge is 0.502 e. The van der Waals surface area contributed by atoms with Gasteiger partial charge in [0.1, 0.15) is 0 Å². The molecule has 0 amide bonds. The Morgan fingerprint density at radius 1 is 1.05 bits per heavy atom. The quantitative estimate of drug-likeness (QED) is 0.497. The Kier molecular flexibility index (Phi) is 4.36. The lowest BCUT2D eigenvalue weighted by molar-refractivity contribution is -0.135. The van der Waals surface area contributed by atoms with E-state index >= 15 is 0 Å². The number of allylic oxidation sites excluding steroid dienone is 1. The van der Waals surface area contributed by atoms with Gasteiger partial charge in [0.25, 0.3) is 0 Å². The highest BCUT2D eigenvalue weighted by molar-refractivity contribution is 9.10. The van der Waals surface area contributed by atoms with E-state index in [2.05, 4.69) is 15.9 Å². The Morgan fingerprint density at radius 3 is 2.30 bits per heavy atom. The van der Waals surface area contributed by atoms with E-state index in [0.717, 1.165) is 14.9 Å². The van der Waals surface area contributed by atoms with Gasteiger partial charge in [0.15, 0.2) is 5.78 Å². The fourth-order valence-electron chi connectivity index (χ4n) is 1.50. The zero-order chi connectivity index (χ0) is 14.7. The third-order valence-electron chi connectivity index (χ3n) is 2.46. The second kappa shape index (κ2) is 6.02. The van der Waals surface area contributed by atoms with Crippen LogP contribution >= 0.6 is 27.3 Å². The Labute approximate surface area is 127 Å². The van der Waals surface area contributed by atoms with Crippen LogP contribution in [0.4, 0.5) is 0 Å². The Morgan fingerprint density at radius 2 is 1.70 bits per heavy atom. The average molecular weight is 353 g/mol. The Hall–Kier alpha value is -1.92. The van der Waals surface area contributed by atoms with Gasteiger partial charge in [0.2, 0.25) is 5.76 Å². The lowest BCUT2D eigenvalue weighted by atomic mass is 10.2. The van der Waals surface area contributed by atoms with Crippen molar-refractivity contribution in [1.29, 1.82) is 0 Å². The summed E-state index contributed by atoms with van der Waals surface area (Å²) in [6, 6.07) is 11.0. The summed E-state index contributed by atoms with van der Waals surface area (Å²) in [5.74, 6) is -3.02. The monoisotopic (exact) mass is 352 g/mol. The first kappa shape index (κ1) is 14.5. The van der Waals surface area contributed by atoms with Crippen LogP contribution in [0.25, 0.3) is 10.4 Å². The molecule has 2 rings (SSSR count). The van der Waals surface area contributed by atoms with Crippen LogP contribution in [-0.2, 0) is 4.79 Å². The van der Waals surface area contributed by atoms with Crippen molar-refractivity contribution < 1.29 is 19.8 Å². The molecule has 0 aliphatic carbocycles. The summed E-state index contributed by atoms with van der Waals surface area (Å²) < 4.78 is 0.961. The molecule has 0 bridgehead atoms. The highest BCUT2D eigenvalue weighted by Crippen LogP contribution is 2.29. The number of benzene rings is 1. The molecule has 0 atom stereocenters. The van der Waals surface area contributed by atoms with E-state index in [4.69, 9.17) is 10.2 Å². The smallest absolute Gasteiger partial charge is 0.371 e. The number of aliphatic hydroxyl groups excluding tert-OH is 1. The van der Waals surface area contributed by atoms with E-state index in [0.29, 0.717) is 11.0 Å². The number of hydrogen-bond acceptors (Lipinski definition) is 4. The number of halogens is 1. The number of carbonyl (C=O) groups excluding carboxylic acids is 1. The molecule has 0 fully saturated rings. The van der Waals surface area contributed by atoms with E-state index in [1.165, 1.54) is 11.3 Å². The molecule has 6 heteroatoms. The number of rotatable bonds is 4. The normalized spacial score (nSPS) is 11.3.